The van der Waals surface area contributed by atoms with Gasteiger partial charge in [-0.3, -0.25) is 4.48 Å². The second kappa shape index (κ2) is 7.72. The molecule has 3 atom stereocenters. The van der Waals surface area contributed by atoms with E-state index in [9.17, 15) is 14.7 Å². The van der Waals surface area contributed by atoms with Gasteiger partial charge < -0.3 is 14.6 Å². The van der Waals surface area contributed by atoms with Gasteiger partial charge in [0, 0.05) is 12.0 Å². The first-order valence-electron chi connectivity index (χ1n) is 9.81. The summed E-state index contributed by atoms with van der Waals surface area (Å²) in [5, 5.41) is 12.8. The van der Waals surface area contributed by atoms with Crippen LogP contribution in [-0.2, 0) is 19.1 Å². The van der Waals surface area contributed by atoms with Gasteiger partial charge in [-0.2, -0.15) is 0 Å². The summed E-state index contributed by atoms with van der Waals surface area (Å²) in [6, 6.07) is 18.7. The zero-order valence-electron chi connectivity index (χ0n) is 16.2. The normalized spacial score (nSPS) is 26.4. The number of rotatable bonds is 4. The molecule has 0 amide bonds. The first-order valence-corrected chi connectivity index (χ1v) is 9.81. The zero-order chi connectivity index (χ0) is 20.4. The van der Waals surface area contributed by atoms with Gasteiger partial charge in [0.2, 0.25) is 5.70 Å². The lowest BCUT2D eigenvalue weighted by Crippen LogP contribution is -2.58. The Kier molecular flexibility index (Phi) is 5.11. The molecule has 0 saturated carbocycles. The Morgan fingerprint density at radius 2 is 1.72 bits per heavy atom. The number of hydrogen-bond acceptors (Lipinski definition) is 5. The molecule has 0 radical (unpaired) electrons. The zero-order valence-corrected chi connectivity index (χ0v) is 16.2. The van der Waals surface area contributed by atoms with Crippen molar-refractivity contribution in [2.24, 2.45) is 0 Å². The Morgan fingerprint density at radius 1 is 1.10 bits per heavy atom. The van der Waals surface area contributed by atoms with E-state index in [1.165, 1.54) is 0 Å². The molecule has 1 spiro atoms. The largest absolute Gasteiger partial charge is 0.871 e. The summed E-state index contributed by atoms with van der Waals surface area (Å²) in [5.41, 5.74) is 1.79. The van der Waals surface area contributed by atoms with Crippen LogP contribution in [0.4, 0.5) is 0 Å². The van der Waals surface area contributed by atoms with Gasteiger partial charge in [-0.1, -0.05) is 66.4 Å². The lowest BCUT2D eigenvalue weighted by Gasteiger charge is -2.47. The van der Waals surface area contributed by atoms with Crippen LogP contribution in [0.3, 0.4) is 0 Å². The van der Waals surface area contributed by atoms with Crippen molar-refractivity contribution in [3.8, 4) is 0 Å². The van der Waals surface area contributed by atoms with Crippen LogP contribution in [0.2, 0.25) is 0 Å². The molecule has 2 aliphatic rings. The van der Waals surface area contributed by atoms with Gasteiger partial charge in [0.25, 0.3) is 0 Å². The maximum Gasteiger partial charge on any atom is 0.391 e. The summed E-state index contributed by atoms with van der Waals surface area (Å²) in [6.07, 6.45) is -0.415. The smallest absolute Gasteiger partial charge is 0.391 e. The van der Waals surface area contributed by atoms with E-state index in [1.807, 2.05) is 60.7 Å². The second-order valence-corrected chi connectivity index (χ2v) is 7.33. The molecule has 2 heterocycles. The highest BCUT2D eigenvalue weighted by molar-refractivity contribution is 5.87. The van der Waals surface area contributed by atoms with Crippen LogP contribution in [0.25, 0.3) is 0 Å². The third-order valence-corrected chi connectivity index (χ3v) is 5.67. The number of carbonyl (C=O) groups excluding carboxylic acids is 2. The van der Waals surface area contributed by atoms with Crippen LogP contribution in [0.1, 0.15) is 36.6 Å². The maximum absolute atomic E-state index is 12.8. The molecule has 2 aromatic carbocycles. The van der Waals surface area contributed by atoms with Crippen molar-refractivity contribution >= 4 is 11.9 Å². The standard InChI is InChI=1S/C23H23NO5/c1-2-28-23(27)21-18(25)13-14-24(21)15-19(26)29-22(17-11-7-4-8-12-17)20(24)16-9-5-3-6-10-16/h3-12,20,22H,2,13-15H2,1H3/t20-,22-,24+/m0/s1. The molecule has 0 N–H and O–H groups in total. The fourth-order valence-electron chi connectivity index (χ4n) is 4.55. The highest BCUT2D eigenvalue weighted by atomic mass is 16.6. The van der Waals surface area contributed by atoms with E-state index in [-0.39, 0.29) is 35.5 Å². The number of carbonyl (C=O) groups is 2. The van der Waals surface area contributed by atoms with Gasteiger partial charge in [0.05, 0.1) is 13.2 Å². The second-order valence-electron chi connectivity index (χ2n) is 7.33. The summed E-state index contributed by atoms with van der Waals surface area (Å²) in [7, 11) is 0. The predicted molar refractivity (Wildman–Crippen MR) is 103 cm³/mol. The molecule has 0 aliphatic carbocycles. The number of quaternary nitrogens is 1. The summed E-state index contributed by atoms with van der Waals surface area (Å²) < 4.78 is 11.0. The number of morpholine rings is 1. The molecule has 0 unspecified atom stereocenters. The Labute approximate surface area is 169 Å². The van der Waals surface area contributed by atoms with Crippen molar-refractivity contribution in [2.75, 3.05) is 19.7 Å². The molecule has 0 aromatic heterocycles. The van der Waals surface area contributed by atoms with E-state index in [2.05, 4.69) is 0 Å². The van der Waals surface area contributed by atoms with E-state index in [4.69, 9.17) is 9.47 Å². The number of ether oxygens (including phenoxy) is 2. The molecule has 1 saturated heterocycles. The first-order chi connectivity index (χ1) is 14.1. The monoisotopic (exact) mass is 393 g/mol. The molecule has 4 rings (SSSR count). The van der Waals surface area contributed by atoms with Crippen molar-refractivity contribution in [3.63, 3.8) is 0 Å². The van der Waals surface area contributed by atoms with Crippen molar-refractivity contribution in [1.82, 2.24) is 0 Å². The summed E-state index contributed by atoms with van der Waals surface area (Å²) in [6.45, 7) is 2.17. The highest BCUT2D eigenvalue weighted by Gasteiger charge is 2.57. The van der Waals surface area contributed by atoms with Crippen LogP contribution >= 0.6 is 0 Å². The topological polar surface area (TPSA) is 75.7 Å². The van der Waals surface area contributed by atoms with Crippen molar-refractivity contribution in [2.45, 2.75) is 25.5 Å². The minimum absolute atomic E-state index is 0.0540. The first kappa shape index (κ1) is 19.2. The van der Waals surface area contributed by atoms with E-state index < -0.39 is 24.1 Å². The van der Waals surface area contributed by atoms with E-state index in [1.54, 1.807) is 6.92 Å². The molecule has 2 aromatic rings. The van der Waals surface area contributed by atoms with Crippen molar-refractivity contribution < 1.29 is 28.7 Å². The molecular weight excluding hydrogens is 370 g/mol. The maximum atomic E-state index is 12.8. The van der Waals surface area contributed by atoms with Gasteiger partial charge >= 0.3 is 11.9 Å². The van der Waals surface area contributed by atoms with E-state index in [0.29, 0.717) is 6.54 Å². The van der Waals surface area contributed by atoms with E-state index in [0.717, 1.165) is 11.1 Å². The Bertz CT molecular complexity index is 940. The van der Waals surface area contributed by atoms with Gasteiger partial charge in [0.1, 0.15) is 0 Å². The summed E-state index contributed by atoms with van der Waals surface area (Å²) >= 11 is 0. The fourth-order valence-corrected chi connectivity index (χ4v) is 4.55. The fraction of sp³-hybridized carbons (Fsp3) is 0.304. The quantitative estimate of drug-likeness (QED) is 0.589. The van der Waals surface area contributed by atoms with Crippen molar-refractivity contribution in [3.05, 3.63) is 83.2 Å². The van der Waals surface area contributed by atoms with Gasteiger partial charge in [-0.05, 0) is 12.5 Å². The minimum atomic E-state index is -0.641. The number of benzene rings is 2. The Balaban J connectivity index is 1.91. The molecule has 1 fully saturated rings. The Morgan fingerprint density at radius 3 is 2.34 bits per heavy atom. The highest BCUT2D eigenvalue weighted by Crippen LogP contribution is 2.50. The van der Waals surface area contributed by atoms with Gasteiger partial charge in [0.15, 0.2) is 18.7 Å². The average molecular weight is 393 g/mol. The average Bonchev–Trinajstić information content (AvgIpc) is 3.05. The Hall–Kier alpha value is -3.12. The SMILES string of the molecule is CCOC(=O)C1=C([O-])CC[N@+]12CC(=O)O[C@@H](c1ccccc1)[C@@H]2c1ccccc1. The molecule has 0 bridgehead atoms. The van der Waals surface area contributed by atoms with Gasteiger partial charge in [-0.25, -0.2) is 9.59 Å². The third-order valence-electron chi connectivity index (χ3n) is 5.67. The van der Waals surface area contributed by atoms with Gasteiger partial charge in [-0.15, -0.1) is 0 Å². The molecule has 29 heavy (non-hydrogen) atoms. The summed E-state index contributed by atoms with van der Waals surface area (Å²) in [5.74, 6) is -1.33. The number of nitrogens with zero attached hydrogens (tertiary/aromatic N) is 1. The van der Waals surface area contributed by atoms with Crippen LogP contribution in [0.15, 0.2) is 72.1 Å². The van der Waals surface area contributed by atoms with E-state index >= 15 is 0 Å². The third kappa shape index (κ3) is 3.29. The summed E-state index contributed by atoms with van der Waals surface area (Å²) in [4.78, 5) is 25.5. The minimum Gasteiger partial charge on any atom is -0.871 e. The molecular formula is C23H23NO5. The van der Waals surface area contributed by atoms with Crippen LogP contribution in [0, 0.1) is 0 Å². The predicted octanol–water partition coefficient (Wildman–Crippen LogP) is 2.38. The molecule has 150 valence electrons. The van der Waals surface area contributed by atoms with Crippen LogP contribution in [0.5, 0.6) is 0 Å². The number of hydrogen-bond donors (Lipinski definition) is 0. The van der Waals surface area contributed by atoms with Crippen LogP contribution < -0.4 is 5.11 Å². The molecule has 6 heteroatoms. The number of cyclic esters (lactones) is 1. The molecule has 2 aliphatic heterocycles. The lowest BCUT2D eigenvalue weighted by molar-refractivity contribution is -0.917. The van der Waals surface area contributed by atoms with Crippen LogP contribution in [-0.4, -0.2) is 36.1 Å². The molecule has 6 nitrogen and oxygen atoms in total. The van der Waals surface area contributed by atoms with Crippen molar-refractivity contribution in [1.29, 1.82) is 0 Å². The number of esters is 2. The lowest BCUT2D eigenvalue weighted by atomic mass is 9.90.